The Kier molecular flexibility index (Phi) is 4.59. The molecule has 0 bridgehead atoms. The Labute approximate surface area is 79.7 Å². The van der Waals surface area contributed by atoms with Crippen molar-refractivity contribution in [1.29, 1.82) is 0 Å². The van der Waals surface area contributed by atoms with E-state index in [-0.39, 0.29) is 12.3 Å². The molecular formula is C8H12F3NO2. The smallest absolute Gasteiger partial charge is 0.339 e. The molecule has 0 aliphatic carbocycles. The summed E-state index contributed by atoms with van der Waals surface area (Å²) in [7, 11) is 0. The van der Waals surface area contributed by atoms with E-state index in [4.69, 9.17) is 0 Å². The molecule has 0 saturated heterocycles. The van der Waals surface area contributed by atoms with Gasteiger partial charge in [-0.2, -0.15) is 13.2 Å². The lowest BCUT2D eigenvalue weighted by atomic mass is 10.1. The summed E-state index contributed by atoms with van der Waals surface area (Å²) in [6.45, 7) is 3.49. The van der Waals surface area contributed by atoms with E-state index in [1.807, 2.05) is 0 Å². The van der Waals surface area contributed by atoms with Gasteiger partial charge in [-0.1, -0.05) is 13.8 Å². The van der Waals surface area contributed by atoms with Gasteiger partial charge in [-0.3, -0.25) is 4.79 Å². The van der Waals surface area contributed by atoms with Gasteiger partial charge in [0.15, 0.2) is 0 Å². The molecule has 3 nitrogen and oxygen atoms in total. The molecule has 1 amide bonds. The molecule has 0 fully saturated rings. The summed E-state index contributed by atoms with van der Waals surface area (Å²) in [6.07, 6.45) is -4.42. The molecule has 0 saturated carbocycles. The summed E-state index contributed by atoms with van der Waals surface area (Å²) in [5.74, 6) is -2.03. The van der Waals surface area contributed by atoms with Gasteiger partial charge in [-0.25, -0.2) is 0 Å². The third-order valence-electron chi connectivity index (χ3n) is 1.46. The van der Waals surface area contributed by atoms with Crippen LogP contribution >= 0.6 is 0 Å². The Bertz CT molecular complexity index is 213. The molecule has 6 heteroatoms. The summed E-state index contributed by atoms with van der Waals surface area (Å²) >= 11 is 0. The SMILES string of the molecule is CC(C)CC(C=O)NC(=O)C(F)(F)F. The quantitative estimate of drug-likeness (QED) is 0.712. The van der Waals surface area contributed by atoms with Gasteiger partial charge >= 0.3 is 12.1 Å². The zero-order chi connectivity index (χ0) is 11.4. The third kappa shape index (κ3) is 4.84. The molecule has 0 aromatic carbocycles. The number of hydrogen-bond donors (Lipinski definition) is 1. The van der Waals surface area contributed by atoms with Crippen molar-refractivity contribution in [3.05, 3.63) is 0 Å². The fraction of sp³-hybridized carbons (Fsp3) is 0.750. The minimum Gasteiger partial charge on any atom is -0.339 e. The fourth-order valence-corrected chi connectivity index (χ4v) is 0.907. The van der Waals surface area contributed by atoms with Crippen LogP contribution in [0.3, 0.4) is 0 Å². The van der Waals surface area contributed by atoms with Crippen LogP contribution < -0.4 is 5.32 Å². The molecule has 0 heterocycles. The first-order valence-corrected chi connectivity index (χ1v) is 4.10. The lowest BCUT2D eigenvalue weighted by molar-refractivity contribution is -0.174. The Morgan fingerprint density at radius 1 is 1.43 bits per heavy atom. The molecule has 0 aliphatic heterocycles. The molecule has 0 radical (unpaired) electrons. The Balaban J connectivity index is 4.19. The van der Waals surface area contributed by atoms with Gasteiger partial charge < -0.3 is 10.1 Å². The van der Waals surface area contributed by atoms with Gasteiger partial charge in [0.05, 0.1) is 6.04 Å². The van der Waals surface area contributed by atoms with Crippen molar-refractivity contribution in [3.63, 3.8) is 0 Å². The van der Waals surface area contributed by atoms with Crippen LogP contribution in [0.2, 0.25) is 0 Å². The molecule has 1 atom stereocenters. The van der Waals surface area contributed by atoms with Crippen LogP contribution in [0.25, 0.3) is 0 Å². The standard InChI is InChI=1S/C8H12F3NO2/c1-5(2)3-6(4-13)12-7(14)8(9,10)11/h4-6H,3H2,1-2H3,(H,12,14). The monoisotopic (exact) mass is 211 g/mol. The molecule has 0 rings (SSSR count). The predicted molar refractivity (Wildman–Crippen MR) is 43.5 cm³/mol. The van der Waals surface area contributed by atoms with Gasteiger partial charge in [0.1, 0.15) is 6.29 Å². The normalized spacial score (nSPS) is 13.9. The highest BCUT2D eigenvalue weighted by atomic mass is 19.4. The van der Waals surface area contributed by atoms with Crippen molar-refractivity contribution >= 4 is 12.2 Å². The summed E-state index contributed by atoms with van der Waals surface area (Å²) in [5, 5.41) is 1.61. The van der Waals surface area contributed by atoms with E-state index in [9.17, 15) is 22.8 Å². The molecule has 1 unspecified atom stereocenters. The second-order valence-corrected chi connectivity index (χ2v) is 3.34. The van der Waals surface area contributed by atoms with Crippen molar-refractivity contribution in [1.82, 2.24) is 5.32 Å². The predicted octanol–water partition coefficient (Wildman–Crippen LogP) is 1.28. The first-order chi connectivity index (χ1) is 6.27. The Hall–Kier alpha value is -1.07. The van der Waals surface area contributed by atoms with Crippen molar-refractivity contribution in [2.24, 2.45) is 5.92 Å². The van der Waals surface area contributed by atoms with E-state index >= 15 is 0 Å². The van der Waals surface area contributed by atoms with Crippen LogP contribution in [0.5, 0.6) is 0 Å². The first-order valence-electron chi connectivity index (χ1n) is 4.10. The highest BCUT2D eigenvalue weighted by Gasteiger charge is 2.39. The number of amides is 1. The molecule has 0 aromatic rings. The van der Waals surface area contributed by atoms with E-state index < -0.39 is 18.1 Å². The van der Waals surface area contributed by atoms with Crippen molar-refractivity contribution in [2.45, 2.75) is 32.5 Å². The van der Waals surface area contributed by atoms with Gasteiger partial charge in [-0.15, -0.1) is 0 Å². The Morgan fingerprint density at radius 2 is 1.93 bits per heavy atom. The van der Waals surface area contributed by atoms with E-state index in [2.05, 4.69) is 0 Å². The molecule has 0 aliphatic rings. The van der Waals surface area contributed by atoms with Crippen LogP contribution in [0, 0.1) is 5.92 Å². The minimum absolute atomic E-state index is 0.0405. The maximum atomic E-state index is 11.8. The molecule has 14 heavy (non-hydrogen) atoms. The van der Waals surface area contributed by atoms with Gasteiger partial charge in [0.25, 0.3) is 0 Å². The largest absolute Gasteiger partial charge is 0.471 e. The fourth-order valence-electron chi connectivity index (χ4n) is 0.907. The van der Waals surface area contributed by atoms with Gasteiger partial charge in [0, 0.05) is 0 Å². The average molecular weight is 211 g/mol. The highest BCUT2D eigenvalue weighted by Crippen LogP contribution is 2.15. The van der Waals surface area contributed by atoms with Crippen LogP contribution in [0.15, 0.2) is 0 Å². The number of carbonyl (C=O) groups is 2. The maximum absolute atomic E-state index is 11.8. The summed E-state index contributed by atoms with van der Waals surface area (Å²) in [5.41, 5.74) is 0. The van der Waals surface area contributed by atoms with Crippen molar-refractivity contribution < 1.29 is 22.8 Å². The number of hydrogen-bond acceptors (Lipinski definition) is 2. The summed E-state index contributed by atoms with van der Waals surface area (Å²) < 4.78 is 35.3. The van der Waals surface area contributed by atoms with E-state index in [0.29, 0.717) is 6.29 Å². The first kappa shape index (κ1) is 12.9. The lowest BCUT2D eigenvalue weighted by Gasteiger charge is -2.15. The molecule has 0 aromatic heterocycles. The molecule has 0 spiro atoms. The zero-order valence-corrected chi connectivity index (χ0v) is 7.89. The second kappa shape index (κ2) is 4.97. The van der Waals surface area contributed by atoms with Crippen LogP contribution in [0.4, 0.5) is 13.2 Å². The highest BCUT2D eigenvalue weighted by molar-refractivity contribution is 5.84. The number of halogens is 3. The van der Waals surface area contributed by atoms with E-state index in [0.717, 1.165) is 0 Å². The topological polar surface area (TPSA) is 46.2 Å². The zero-order valence-electron chi connectivity index (χ0n) is 7.89. The second-order valence-electron chi connectivity index (χ2n) is 3.34. The number of nitrogens with one attached hydrogen (secondary N) is 1. The molecule has 1 N–H and O–H groups in total. The average Bonchev–Trinajstić information content (AvgIpc) is 2.00. The van der Waals surface area contributed by atoms with E-state index in [1.54, 1.807) is 19.2 Å². The van der Waals surface area contributed by atoms with Gasteiger partial charge in [0.2, 0.25) is 0 Å². The van der Waals surface area contributed by atoms with Gasteiger partial charge in [-0.05, 0) is 12.3 Å². The van der Waals surface area contributed by atoms with Crippen LogP contribution in [-0.4, -0.2) is 24.4 Å². The molecule has 82 valence electrons. The number of carbonyl (C=O) groups excluding carboxylic acids is 2. The summed E-state index contributed by atoms with van der Waals surface area (Å²) in [4.78, 5) is 20.7. The third-order valence-corrected chi connectivity index (χ3v) is 1.46. The molecular weight excluding hydrogens is 199 g/mol. The lowest BCUT2D eigenvalue weighted by Crippen LogP contribution is -2.44. The van der Waals surface area contributed by atoms with Crippen LogP contribution in [0.1, 0.15) is 20.3 Å². The van der Waals surface area contributed by atoms with Crippen molar-refractivity contribution in [2.75, 3.05) is 0 Å². The number of rotatable bonds is 4. The maximum Gasteiger partial charge on any atom is 0.471 e. The van der Waals surface area contributed by atoms with Crippen molar-refractivity contribution in [3.8, 4) is 0 Å². The minimum atomic E-state index is -4.93. The van der Waals surface area contributed by atoms with E-state index in [1.165, 1.54) is 0 Å². The Morgan fingerprint density at radius 3 is 2.21 bits per heavy atom. The number of aldehydes is 1. The van der Waals surface area contributed by atoms with Crippen LogP contribution in [-0.2, 0) is 9.59 Å². The number of alkyl halides is 3. The summed E-state index contributed by atoms with van der Waals surface area (Å²) in [6, 6.07) is -1.07.